The van der Waals surface area contributed by atoms with Crippen LogP contribution in [0.15, 0.2) is 109 Å². The third kappa shape index (κ3) is 30.3. The molecule has 0 amide bonds. The monoisotopic (exact) mass is 905 g/mol. The van der Waals surface area contributed by atoms with Crippen molar-refractivity contribution >= 4 is 19.8 Å². The van der Waals surface area contributed by atoms with Crippen LogP contribution in [0.5, 0.6) is 0 Å². The average Bonchev–Trinajstić information content (AvgIpc) is 3.26. The molecule has 0 bridgehead atoms. The van der Waals surface area contributed by atoms with E-state index < -0.39 is 75.7 Å². The van der Waals surface area contributed by atoms with Gasteiger partial charge in [0.15, 0.2) is 6.10 Å². The van der Waals surface area contributed by atoms with Crippen LogP contribution < -0.4 is 0 Å². The lowest BCUT2D eigenvalue weighted by Crippen LogP contribution is -2.64. The highest BCUT2D eigenvalue weighted by Crippen LogP contribution is 2.47. The molecule has 8 atom stereocenters. The van der Waals surface area contributed by atoms with E-state index in [1.54, 1.807) is 0 Å². The summed E-state index contributed by atoms with van der Waals surface area (Å²) in [5.41, 5.74) is 0. The predicted octanol–water partition coefficient (Wildman–Crippen LogP) is 8.83. The molecule has 0 saturated heterocycles. The lowest BCUT2D eigenvalue weighted by atomic mass is 9.85. The van der Waals surface area contributed by atoms with Gasteiger partial charge < -0.3 is 39.9 Å². The van der Waals surface area contributed by atoms with Gasteiger partial charge >= 0.3 is 19.8 Å². The summed E-state index contributed by atoms with van der Waals surface area (Å²) in [5, 5.41) is 50.1. The van der Waals surface area contributed by atoms with Crippen LogP contribution in [-0.4, -0.2) is 98.3 Å². The molecule has 1 aliphatic carbocycles. The standard InChI is InChI=1S/C49H77O13P/c1-3-5-7-9-11-13-15-17-19-20-21-22-24-25-27-29-31-33-35-37-42(50)59-39-41(40-60-63(57,58)62-49-47(55)45(53)44(52)46(54)48(49)56)61-43(51)38-36-34-32-30-28-26-23-18-16-14-12-10-8-6-4-2/h5-8,10-14,16-19,21-23,25,27,41,44-49,52-56H,3-4,9,15,20,24,26,28-40H2,1-2H3,(H,57,58)/b7-5+,8-6+,12-10+,13-11+,16-14+,19-17+,22-21+,23-18+,27-25+/t41-,44?,45-,46?,47?,48?,49?/m0/s1. The number of aliphatic hydroxyl groups excluding tert-OH is 5. The molecule has 0 spiro atoms. The summed E-state index contributed by atoms with van der Waals surface area (Å²) in [7, 11) is -5.14. The van der Waals surface area contributed by atoms with Crippen molar-refractivity contribution in [3.8, 4) is 0 Å². The molecule has 1 aliphatic rings. The van der Waals surface area contributed by atoms with E-state index in [2.05, 4.69) is 86.8 Å². The number of carbonyl (C=O) groups is 2. The van der Waals surface area contributed by atoms with Crippen LogP contribution in [0.2, 0.25) is 0 Å². The maximum absolute atomic E-state index is 12.8. The summed E-state index contributed by atoms with van der Waals surface area (Å²) in [5.74, 6) is -1.18. The van der Waals surface area contributed by atoms with Crippen LogP contribution in [0.25, 0.3) is 0 Å². The molecule has 0 aromatic rings. The molecular weight excluding hydrogens is 828 g/mol. The molecule has 356 valence electrons. The molecule has 6 N–H and O–H groups in total. The SMILES string of the molecule is CC/C=C/C=C/C=C/C=C/CCCCCCCC(=O)O[C@@H](COC(=O)CCCCC/C=C/C/C=C/C/C=C/C/C=C/C/C=C/CC)COP(=O)(O)OC1C(O)C(O)C(O)[C@H](O)C1O. The molecule has 1 saturated carbocycles. The lowest BCUT2D eigenvalue weighted by molar-refractivity contribution is -0.220. The van der Waals surface area contributed by atoms with E-state index in [1.807, 2.05) is 36.5 Å². The van der Waals surface area contributed by atoms with Crippen LogP contribution in [0.4, 0.5) is 0 Å². The first-order chi connectivity index (χ1) is 30.4. The van der Waals surface area contributed by atoms with Crippen molar-refractivity contribution < 1.29 is 63.1 Å². The zero-order chi connectivity index (χ0) is 46.4. The molecule has 6 unspecified atom stereocenters. The van der Waals surface area contributed by atoms with Crippen molar-refractivity contribution in [2.75, 3.05) is 13.2 Å². The number of phosphoric acid groups is 1. The summed E-state index contributed by atoms with van der Waals surface area (Å²) in [6, 6.07) is 0. The van der Waals surface area contributed by atoms with Crippen LogP contribution in [-0.2, 0) is 32.7 Å². The van der Waals surface area contributed by atoms with Crippen LogP contribution in [0.3, 0.4) is 0 Å². The van der Waals surface area contributed by atoms with Gasteiger partial charge in [-0.2, -0.15) is 0 Å². The normalized spacial score (nSPS) is 22.7. The second kappa shape index (κ2) is 37.8. The minimum atomic E-state index is -5.14. The number of hydrogen-bond donors (Lipinski definition) is 6. The number of unbranched alkanes of at least 4 members (excludes halogenated alkanes) is 8. The maximum atomic E-state index is 12.8. The van der Waals surface area contributed by atoms with Gasteiger partial charge in [0.25, 0.3) is 0 Å². The molecule has 0 aromatic heterocycles. The quantitative estimate of drug-likeness (QED) is 0.0116. The Balaban J connectivity index is 2.51. The van der Waals surface area contributed by atoms with Crippen molar-refractivity contribution in [2.45, 2.75) is 172 Å². The highest BCUT2D eigenvalue weighted by Gasteiger charge is 2.51. The van der Waals surface area contributed by atoms with E-state index in [0.717, 1.165) is 89.9 Å². The van der Waals surface area contributed by atoms with E-state index >= 15 is 0 Å². The Kier molecular flexibility index (Phi) is 34.6. The Hall–Kier alpha value is -3.49. The van der Waals surface area contributed by atoms with Gasteiger partial charge in [0.1, 0.15) is 43.2 Å². The van der Waals surface area contributed by atoms with Gasteiger partial charge in [-0.15, -0.1) is 0 Å². The molecule has 0 aromatic carbocycles. The Morgan fingerprint density at radius 2 is 0.937 bits per heavy atom. The second-order valence-electron chi connectivity index (χ2n) is 15.2. The molecule has 0 heterocycles. The van der Waals surface area contributed by atoms with E-state index in [-0.39, 0.29) is 12.8 Å². The first kappa shape index (κ1) is 57.5. The number of phosphoric ester groups is 1. The molecule has 1 fully saturated rings. The summed E-state index contributed by atoms with van der Waals surface area (Å²) < 4.78 is 33.5. The van der Waals surface area contributed by atoms with Crippen molar-refractivity contribution in [1.29, 1.82) is 0 Å². The van der Waals surface area contributed by atoms with Gasteiger partial charge in [-0.25, -0.2) is 4.57 Å². The molecule has 1 rings (SSSR count). The first-order valence-electron chi connectivity index (χ1n) is 22.7. The van der Waals surface area contributed by atoms with E-state index in [4.69, 9.17) is 18.5 Å². The van der Waals surface area contributed by atoms with Gasteiger partial charge in [0, 0.05) is 12.8 Å². The maximum Gasteiger partial charge on any atom is 0.472 e. The second-order valence-corrected chi connectivity index (χ2v) is 16.6. The van der Waals surface area contributed by atoms with E-state index in [9.17, 15) is 44.6 Å². The molecule has 13 nitrogen and oxygen atoms in total. The minimum absolute atomic E-state index is 0.0554. The van der Waals surface area contributed by atoms with Crippen LogP contribution in [0.1, 0.15) is 129 Å². The Morgan fingerprint density at radius 1 is 0.508 bits per heavy atom. The number of rotatable bonds is 35. The topological polar surface area (TPSA) is 210 Å². The molecular formula is C49H77O13P. The van der Waals surface area contributed by atoms with Crippen molar-refractivity contribution in [3.05, 3.63) is 109 Å². The summed E-state index contributed by atoms with van der Waals surface area (Å²) >= 11 is 0. The van der Waals surface area contributed by atoms with Gasteiger partial charge in [0.2, 0.25) is 0 Å². The zero-order valence-electron chi connectivity index (χ0n) is 37.6. The third-order valence-electron chi connectivity index (χ3n) is 9.70. The third-order valence-corrected chi connectivity index (χ3v) is 10.7. The van der Waals surface area contributed by atoms with Crippen LogP contribution >= 0.6 is 7.82 Å². The lowest BCUT2D eigenvalue weighted by Gasteiger charge is -2.41. The van der Waals surface area contributed by atoms with Crippen LogP contribution in [0, 0.1) is 0 Å². The number of hydrogen-bond acceptors (Lipinski definition) is 12. The van der Waals surface area contributed by atoms with E-state index in [1.165, 1.54) is 0 Å². The van der Waals surface area contributed by atoms with Gasteiger partial charge in [-0.3, -0.25) is 18.6 Å². The van der Waals surface area contributed by atoms with E-state index in [0.29, 0.717) is 12.8 Å². The number of allylic oxidation sites excluding steroid dienone is 18. The number of carbonyl (C=O) groups excluding carboxylic acids is 2. The van der Waals surface area contributed by atoms with Gasteiger partial charge in [-0.05, 0) is 77.0 Å². The highest BCUT2D eigenvalue weighted by atomic mass is 31.2. The highest BCUT2D eigenvalue weighted by molar-refractivity contribution is 7.47. The Morgan fingerprint density at radius 3 is 1.51 bits per heavy atom. The number of ether oxygens (including phenoxy) is 2. The Labute approximate surface area is 376 Å². The van der Waals surface area contributed by atoms with Gasteiger partial charge in [0.05, 0.1) is 6.61 Å². The molecule has 0 radical (unpaired) electrons. The fourth-order valence-electron chi connectivity index (χ4n) is 6.09. The fraction of sp³-hybridized carbons (Fsp3) is 0.592. The van der Waals surface area contributed by atoms with Crippen molar-refractivity contribution in [1.82, 2.24) is 0 Å². The molecule has 63 heavy (non-hydrogen) atoms. The predicted molar refractivity (Wildman–Crippen MR) is 248 cm³/mol. The fourth-order valence-corrected chi connectivity index (χ4v) is 7.06. The summed E-state index contributed by atoms with van der Waals surface area (Å²) in [6.07, 6.45) is 38.5. The number of aliphatic hydroxyl groups is 5. The smallest absolute Gasteiger partial charge is 0.462 e. The van der Waals surface area contributed by atoms with Gasteiger partial charge in [-0.1, -0.05) is 149 Å². The summed E-state index contributed by atoms with van der Waals surface area (Å²) in [4.78, 5) is 35.7. The average molecular weight is 905 g/mol. The minimum Gasteiger partial charge on any atom is -0.462 e. The molecule has 0 aliphatic heterocycles. The van der Waals surface area contributed by atoms with Crippen molar-refractivity contribution in [3.63, 3.8) is 0 Å². The zero-order valence-corrected chi connectivity index (χ0v) is 38.5. The Bertz CT molecular complexity index is 1510. The first-order valence-corrected chi connectivity index (χ1v) is 24.2. The molecule has 14 heteroatoms. The largest absolute Gasteiger partial charge is 0.472 e. The summed E-state index contributed by atoms with van der Waals surface area (Å²) in [6.45, 7) is 2.98. The number of esters is 2. The van der Waals surface area contributed by atoms with Crippen molar-refractivity contribution in [2.24, 2.45) is 0 Å².